The van der Waals surface area contributed by atoms with Crippen molar-refractivity contribution in [3.63, 3.8) is 0 Å². The number of benzene rings is 1. The molecule has 0 aliphatic carbocycles. The van der Waals surface area contributed by atoms with Crippen molar-refractivity contribution in [3.8, 4) is 0 Å². The standard InChI is InChI=1S/C11H12F2O2/c1-2-9(10(13)11(14)15)7-3-5-8(12)6-4-7/h3-6,9-10H,2H2,1H3,(H,14,15). The zero-order valence-corrected chi connectivity index (χ0v) is 8.28. The summed E-state index contributed by atoms with van der Waals surface area (Å²) in [4.78, 5) is 10.5. The molecule has 0 radical (unpaired) electrons. The van der Waals surface area contributed by atoms with Gasteiger partial charge in [0, 0.05) is 5.92 Å². The number of carboxylic acids is 1. The molecule has 0 aliphatic rings. The molecule has 0 amide bonds. The lowest BCUT2D eigenvalue weighted by atomic mass is 9.92. The van der Waals surface area contributed by atoms with E-state index in [1.54, 1.807) is 6.92 Å². The summed E-state index contributed by atoms with van der Waals surface area (Å²) < 4.78 is 25.9. The molecule has 1 aromatic rings. The molecule has 0 saturated carbocycles. The summed E-state index contributed by atoms with van der Waals surface area (Å²) in [6, 6.07) is 5.23. The quantitative estimate of drug-likeness (QED) is 0.836. The number of halogens is 2. The summed E-state index contributed by atoms with van der Waals surface area (Å²) >= 11 is 0. The Morgan fingerprint density at radius 2 is 1.93 bits per heavy atom. The molecule has 0 bridgehead atoms. The van der Waals surface area contributed by atoms with E-state index in [0.29, 0.717) is 12.0 Å². The topological polar surface area (TPSA) is 37.3 Å². The number of alkyl halides is 1. The fourth-order valence-corrected chi connectivity index (χ4v) is 1.49. The van der Waals surface area contributed by atoms with Gasteiger partial charge in [-0.3, -0.25) is 0 Å². The van der Waals surface area contributed by atoms with Crippen LogP contribution in [0, 0.1) is 5.82 Å². The van der Waals surface area contributed by atoms with E-state index in [4.69, 9.17) is 5.11 Å². The van der Waals surface area contributed by atoms with Crippen LogP contribution in [0.4, 0.5) is 8.78 Å². The molecule has 4 heteroatoms. The number of aliphatic carboxylic acids is 1. The number of hydrogen-bond donors (Lipinski definition) is 1. The minimum atomic E-state index is -1.94. The smallest absolute Gasteiger partial charge is 0.338 e. The van der Waals surface area contributed by atoms with Crippen LogP contribution in [0.2, 0.25) is 0 Å². The molecule has 1 rings (SSSR count). The molecule has 1 N–H and O–H groups in total. The maximum Gasteiger partial charge on any atom is 0.338 e. The van der Waals surface area contributed by atoms with Crippen molar-refractivity contribution in [1.82, 2.24) is 0 Å². The number of carbonyl (C=O) groups is 1. The Balaban J connectivity index is 2.92. The van der Waals surface area contributed by atoms with E-state index in [2.05, 4.69) is 0 Å². The summed E-state index contributed by atoms with van der Waals surface area (Å²) in [7, 11) is 0. The Bertz CT molecular complexity index is 335. The largest absolute Gasteiger partial charge is 0.479 e. The average Bonchev–Trinajstić information content (AvgIpc) is 2.21. The zero-order valence-electron chi connectivity index (χ0n) is 8.28. The second-order valence-electron chi connectivity index (χ2n) is 3.31. The summed E-state index contributed by atoms with van der Waals surface area (Å²) in [6.45, 7) is 1.70. The number of hydrogen-bond acceptors (Lipinski definition) is 1. The van der Waals surface area contributed by atoms with E-state index in [9.17, 15) is 13.6 Å². The maximum atomic E-state index is 13.3. The fourth-order valence-electron chi connectivity index (χ4n) is 1.49. The molecule has 0 aliphatic heterocycles. The second kappa shape index (κ2) is 4.87. The first-order chi connectivity index (χ1) is 7.06. The van der Waals surface area contributed by atoms with Crippen LogP contribution < -0.4 is 0 Å². The highest BCUT2D eigenvalue weighted by atomic mass is 19.1. The Morgan fingerprint density at radius 1 is 1.40 bits per heavy atom. The van der Waals surface area contributed by atoms with Crippen LogP contribution in [-0.4, -0.2) is 17.2 Å². The van der Waals surface area contributed by atoms with Crippen molar-refractivity contribution in [1.29, 1.82) is 0 Å². The highest BCUT2D eigenvalue weighted by molar-refractivity contribution is 5.73. The van der Waals surface area contributed by atoms with Gasteiger partial charge in [-0.25, -0.2) is 13.6 Å². The van der Waals surface area contributed by atoms with Crippen molar-refractivity contribution in [2.45, 2.75) is 25.4 Å². The van der Waals surface area contributed by atoms with Crippen molar-refractivity contribution in [2.24, 2.45) is 0 Å². The molecular weight excluding hydrogens is 202 g/mol. The van der Waals surface area contributed by atoms with Gasteiger partial charge in [0.25, 0.3) is 0 Å². The van der Waals surface area contributed by atoms with Crippen LogP contribution in [0.25, 0.3) is 0 Å². The molecule has 0 heterocycles. The SMILES string of the molecule is CCC(c1ccc(F)cc1)C(F)C(=O)O. The molecule has 1 aromatic carbocycles. The van der Waals surface area contributed by atoms with Crippen molar-refractivity contribution in [3.05, 3.63) is 35.6 Å². The van der Waals surface area contributed by atoms with Gasteiger partial charge >= 0.3 is 5.97 Å². The summed E-state index contributed by atoms with van der Waals surface area (Å²) in [5.41, 5.74) is 0.508. The van der Waals surface area contributed by atoms with Gasteiger partial charge < -0.3 is 5.11 Å². The fraction of sp³-hybridized carbons (Fsp3) is 0.364. The lowest BCUT2D eigenvalue weighted by Gasteiger charge is -2.16. The van der Waals surface area contributed by atoms with Gasteiger partial charge in [-0.1, -0.05) is 19.1 Å². The summed E-state index contributed by atoms with van der Waals surface area (Å²) in [6.07, 6.45) is -1.58. The van der Waals surface area contributed by atoms with Crippen LogP contribution >= 0.6 is 0 Å². The minimum Gasteiger partial charge on any atom is -0.479 e. The molecule has 2 unspecified atom stereocenters. The van der Waals surface area contributed by atoms with E-state index < -0.39 is 23.9 Å². The average molecular weight is 214 g/mol. The Morgan fingerprint density at radius 3 is 2.33 bits per heavy atom. The Hall–Kier alpha value is -1.45. The first-order valence-electron chi connectivity index (χ1n) is 4.68. The Kier molecular flexibility index (Phi) is 3.77. The first kappa shape index (κ1) is 11.6. The van der Waals surface area contributed by atoms with E-state index >= 15 is 0 Å². The molecule has 2 nitrogen and oxygen atoms in total. The van der Waals surface area contributed by atoms with Gasteiger partial charge in [0.2, 0.25) is 6.17 Å². The molecular formula is C11H12F2O2. The van der Waals surface area contributed by atoms with Gasteiger partial charge in [0.1, 0.15) is 5.82 Å². The van der Waals surface area contributed by atoms with Gasteiger partial charge in [-0.05, 0) is 24.1 Å². The van der Waals surface area contributed by atoms with Gasteiger partial charge in [0.15, 0.2) is 0 Å². The van der Waals surface area contributed by atoms with Crippen LogP contribution in [0.3, 0.4) is 0 Å². The van der Waals surface area contributed by atoms with Gasteiger partial charge in [0.05, 0.1) is 0 Å². The highest BCUT2D eigenvalue weighted by Gasteiger charge is 2.27. The van der Waals surface area contributed by atoms with E-state index in [-0.39, 0.29) is 0 Å². The van der Waals surface area contributed by atoms with Crippen LogP contribution in [-0.2, 0) is 4.79 Å². The molecule has 0 fully saturated rings. The molecule has 0 spiro atoms. The molecule has 82 valence electrons. The number of rotatable bonds is 4. The maximum absolute atomic E-state index is 13.3. The molecule has 2 atom stereocenters. The predicted molar refractivity (Wildman–Crippen MR) is 52.0 cm³/mol. The van der Waals surface area contributed by atoms with E-state index in [0.717, 1.165) is 0 Å². The Labute approximate surface area is 86.5 Å². The molecule has 0 aromatic heterocycles. The molecule has 0 saturated heterocycles. The third-order valence-corrected chi connectivity index (χ3v) is 2.33. The second-order valence-corrected chi connectivity index (χ2v) is 3.31. The van der Waals surface area contributed by atoms with Crippen LogP contribution in [0.1, 0.15) is 24.8 Å². The third-order valence-electron chi connectivity index (χ3n) is 2.33. The van der Waals surface area contributed by atoms with Crippen molar-refractivity contribution >= 4 is 5.97 Å². The van der Waals surface area contributed by atoms with Crippen LogP contribution in [0.5, 0.6) is 0 Å². The lowest BCUT2D eigenvalue weighted by molar-refractivity contribution is -0.143. The van der Waals surface area contributed by atoms with E-state index in [1.807, 2.05) is 0 Å². The van der Waals surface area contributed by atoms with Crippen LogP contribution in [0.15, 0.2) is 24.3 Å². The predicted octanol–water partition coefficient (Wildman–Crippen LogP) is 2.74. The van der Waals surface area contributed by atoms with Gasteiger partial charge in [-0.2, -0.15) is 0 Å². The normalized spacial score (nSPS) is 14.6. The monoisotopic (exact) mass is 214 g/mol. The highest BCUT2D eigenvalue weighted by Crippen LogP contribution is 2.25. The minimum absolute atomic E-state index is 0.360. The first-order valence-corrected chi connectivity index (χ1v) is 4.68. The van der Waals surface area contributed by atoms with Crippen molar-refractivity contribution < 1.29 is 18.7 Å². The zero-order chi connectivity index (χ0) is 11.4. The summed E-state index contributed by atoms with van der Waals surface area (Å²) in [5, 5.41) is 8.55. The summed E-state index contributed by atoms with van der Waals surface area (Å²) in [5.74, 6) is -2.62. The lowest BCUT2D eigenvalue weighted by Crippen LogP contribution is -2.23. The third kappa shape index (κ3) is 2.75. The number of carboxylic acid groups (broad SMARTS) is 1. The van der Waals surface area contributed by atoms with Crippen molar-refractivity contribution in [2.75, 3.05) is 0 Å². The molecule has 15 heavy (non-hydrogen) atoms. The van der Waals surface area contributed by atoms with Gasteiger partial charge in [-0.15, -0.1) is 0 Å². The van der Waals surface area contributed by atoms with E-state index in [1.165, 1.54) is 24.3 Å².